The predicted molar refractivity (Wildman–Crippen MR) is 76.9 cm³/mol. The van der Waals surface area contributed by atoms with E-state index in [1.54, 1.807) is 0 Å². The van der Waals surface area contributed by atoms with Crippen molar-refractivity contribution in [1.82, 2.24) is 15.0 Å². The van der Waals surface area contributed by atoms with E-state index in [1.165, 1.54) is 16.7 Å². The van der Waals surface area contributed by atoms with Crippen molar-refractivity contribution in [3.05, 3.63) is 46.8 Å². The normalized spacial score (nSPS) is 12.6. The van der Waals surface area contributed by atoms with Gasteiger partial charge in [-0.25, -0.2) is 4.68 Å². The first-order valence-corrected chi connectivity index (χ1v) is 6.81. The van der Waals surface area contributed by atoms with Gasteiger partial charge in [0, 0.05) is 0 Å². The maximum absolute atomic E-state index is 6.04. The number of nitrogens with two attached hydrogens (primary N) is 1. The Morgan fingerprint density at radius 3 is 2.53 bits per heavy atom. The van der Waals surface area contributed by atoms with Crippen LogP contribution in [0.4, 0.5) is 0 Å². The van der Waals surface area contributed by atoms with Crippen LogP contribution in [0.2, 0.25) is 0 Å². The second-order valence-electron chi connectivity index (χ2n) is 5.23. The summed E-state index contributed by atoms with van der Waals surface area (Å²) in [6.07, 6.45) is 3.96. The van der Waals surface area contributed by atoms with Gasteiger partial charge in [-0.1, -0.05) is 47.9 Å². The van der Waals surface area contributed by atoms with Crippen LogP contribution in [0.3, 0.4) is 0 Å². The van der Waals surface area contributed by atoms with Crippen LogP contribution in [0.15, 0.2) is 24.4 Å². The number of nitrogens with zero attached hydrogens (tertiary/aromatic N) is 3. The summed E-state index contributed by atoms with van der Waals surface area (Å²) in [6, 6.07) is 6.53. The largest absolute Gasteiger partial charge is 0.323 e. The molecule has 102 valence electrons. The molecule has 0 saturated heterocycles. The van der Waals surface area contributed by atoms with Gasteiger partial charge in [0.2, 0.25) is 0 Å². The molecule has 4 nitrogen and oxygen atoms in total. The average Bonchev–Trinajstić information content (AvgIpc) is 2.76. The second kappa shape index (κ2) is 5.97. The molecule has 4 heteroatoms. The van der Waals surface area contributed by atoms with Crippen molar-refractivity contribution >= 4 is 0 Å². The number of hydrogen-bond donors (Lipinski definition) is 1. The minimum atomic E-state index is -0.00186. The van der Waals surface area contributed by atoms with E-state index in [4.69, 9.17) is 5.73 Å². The molecule has 1 heterocycles. The molecule has 0 bridgehead atoms. The van der Waals surface area contributed by atoms with Crippen molar-refractivity contribution in [3.63, 3.8) is 0 Å². The lowest BCUT2D eigenvalue weighted by molar-refractivity contribution is 0.617. The molecule has 2 N–H and O–H groups in total. The lowest BCUT2D eigenvalue weighted by Gasteiger charge is -2.05. The van der Waals surface area contributed by atoms with Crippen LogP contribution in [-0.4, -0.2) is 15.0 Å². The van der Waals surface area contributed by atoms with Gasteiger partial charge in [0.05, 0.1) is 24.5 Å². The topological polar surface area (TPSA) is 56.7 Å². The lowest BCUT2D eigenvalue weighted by Crippen LogP contribution is -2.10. The molecular formula is C15H22N4. The first-order chi connectivity index (χ1) is 9.08. The van der Waals surface area contributed by atoms with Crippen molar-refractivity contribution in [2.75, 3.05) is 0 Å². The zero-order valence-electron chi connectivity index (χ0n) is 11.9. The Morgan fingerprint density at radius 1 is 1.21 bits per heavy atom. The van der Waals surface area contributed by atoms with E-state index in [0.29, 0.717) is 0 Å². The molecule has 1 aromatic carbocycles. The summed E-state index contributed by atoms with van der Waals surface area (Å²) in [5, 5.41) is 8.32. The maximum atomic E-state index is 6.04. The fraction of sp³-hybridized carbons (Fsp3) is 0.467. The minimum Gasteiger partial charge on any atom is -0.323 e. The van der Waals surface area contributed by atoms with Crippen molar-refractivity contribution in [2.24, 2.45) is 5.73 Å². The fourth-order valence-corrected chi connectivity index (χ4v) is 2.37. The molecule has 19 heavy (non-hydrogen) atoms. The Hall–Kier alpha value is -1.68. The first-order valence-electron chi connectivity index (χ1n) is 6.81. The molecule has 0 aliphatic rings. The molecule has 2 aromatic rings. The van der Waals surface area contributed by atoms with Crippen LogP contribution in [0, 0.1) is 13.8 Å². The number of aromatic nitrogens is 3. The molecule has 0 aliphatic heterocycles. The molecule has 1 atom stereocenters. The van der Waals surface area contributed by atoms with E-state index in [-0.39, 0.29) is 6.04 Å². The molecule has 0 aliphatic carbocycles. The van der Waals surface area contributed by atoms with Crippen molar-refractivity contribution in [1.29, 1.82) is 0 Å². The van der Waals surface area contributed by atoms with E-state index < -0.39 is 0 Å². The zero-order chi connectivity index (χ0) is 13.8. The Morgan fingerprint density at radius 2 is 1.89 bits per heavy atom. The van der Waals surface area contributed by atoms with Crippen LogP contribution in [0.5, 0.6) is 0 Å². The number of rotatable bonds is 5. The number of benzene rings is 1. The standard InChI is InChI=1S/C15H22N4/c1-4-5-14(16)15-10-19(18-17-15)9-13-7-11(2)6-12(3)8-13/h6-8,10,14H,4-5,9,16H2,1-3H3. The third-order valence-corrected chi connectivity index (χ3v) is 3.16. The van der Waals surface area contributed by atoms with Crippen molar-refractivity contribution in [3.8, 4) is 0 Å². The summed E-state index contributed by atoms with van der Waals surface area (Å²) in [7, 11) is 0. The van der Waals surface area contributed by atoms with Gasteiger partial charge in [-0.3, -0.25) is 0 Å². The summed E-state index contributed by atoms with van der Waals surface area (Å²) in [6.45, 7) is 7.09. The van der Waals surface area contributed by atoms with Gasteiger partial charge in [-0.05, 0) is 25.8 Å². The zero-order valence-corrected chi connectivity index (χ0v) is 11.9. The molecule has 0 amide bonds. The van der Waals surface area contributed by atoms with Gasteiger partial charge in [-0.15, -0.1) is 5.10 Å². The highest BCUT2D eigenvalue weighted by atomic mass is 15.4. The molecule has 0 saturated carbocycles. The summed E-state index contributed by atoms with van der Waals surface area (Å²) in [5.41, 5.74) is 10.7. The molecule has 0 radical (unpaired) electrons. The average molecular weight is 258 g/mol. The highest BCUT2D eigenvalue weighted by Crippen LogP contribution is 2.14. The van der Waals surface area contributed by atoms with E-state index in [0.717, 1.165) is 25.1 Å². The minimum absolute atomic E-state index is 0.00186. The van der Waals surface area contributed by atoms with Gasteiger partial charge < -0.3 is 5.73 Å². The monoisotopic (exact) mass is 258 g/mol. The quantitative estimate of drug-likeness (QED) is 0.897. The van der Waals surface area contributed by atoms with Gasteiger partial charge in [0.1, 0.15) is 0 Å². The van der Waals surface area contributed by atoms with Crippen LogP contribution in [0.1, 0.15) is 48.2 Å². The van der Waals surface area contributed by atoms with Crippen molar-refractivity contribution in [2.45, 2.75) is 46.2 Å². The van der Waals surface area contributed by atoms with Gasteiger partial charge in [0.25, 0.3) is 0 Å². The van der Waals surface area contributed by atoms with E-state index in [2.05, 4.69) is 49.3 Å². The lowest BCUT2D eigenvalue weighted by atomic mass is 10.1. The van der Waals surface area contributed by atoms with Crippen LogP contribution in [-0.2, 0) is 6.54 Å². The van der Waals surface area contributed by atoms with E-state index in [1.807, 2.05) is 10.9 Å². The third-order valence-electron chi connectivity index (χ3n) is 3.16. The Bertz CT molecular complexity index is 525. The number of aryl methyl sites for hydroxylation is 2. The highest BCUT2D eigenvalue weighted by molar-refractivity contribution is 5.28. The number of hydrogen-bond acceptors (Lipinski definition) is 3. The Labute approximate surface area is 114 Å². The molecule has 0 spiro atoms. The molecular weight excluding hydrogens is 236 g/mol. The van der Waals surface area contributed by atoms with Gasteiger partial charge in [0.15, 0.2) is 0 Å². The first kappa shape index (κ1) is 13.7. The fourth-order valence-electron chi connectivity index (χ4n) is 2.37. The Balaban J connectivity index is 2.11. The van der Waals surface area contributed by atoms with Crippen molar-refractivity contribution < 1.29 is 0 Å². The van der Waals surface area contributed by atoms with Crippen LogP contribution >= 0.6 is 0 Å². The highest BCUT2D eigenvalue weighted by Gasteiger charge is 2.09. The van der Waals surface area contributed by atoms with Gasteiger partial charge in [-0.2, -0.15) is 0 Å². The maximum Gasteiger partial charge on any atom is 0.0994 e. The van der Waals surface area contributed by atoms with Gasteiger partial charge >= 0.3 is 0 Å². The molecule has 2 rings (SSSR count). The molecule has 1 unspecified atom stereocenters. The smallest absolute Gasteiger partial charge is 0.0994 e. The second-order valence-corrected chi connectivity index (χ2v) is 5.23. The summed E-state index contributed by atoms with van der Waals surface area (Å²) < 4.78 is 1.86. The predicted octanol–water partition coefficient (Wildman–Crippen LogP) is 2.74. The van der Waals surface area contributed by atoms with Crippen LogP contribution in [0.25, 0.3) is 0 Å². The molecule has 0 fully saturated rings. The summed E-state index contributed by atoms with van der Waals surface area (Å²) in [4.78, 5) is 0. The van der Waals surface area contributed by atoms with Crippen LogP contribution < -0.4 is 5.73 Å². The summed E-state index contributed by atoms with van der Waals surface area (Å²) >= 11 is 0. The SMILES string of the molecule is CCCC(N)c1cn(Cc2cc(C)cc(C)c2)nn1. The van der Waals surface area contributed by atoms with E-state index in [9.17, 15) is 0 Å². The molecule has 1 aromatic heterocycles. The van der Waals surface area contributed by atoms with E-state index >= 15 is 0 Å². The third kappa shape index (κ3) is 3.64. The summed E-state index contributed by atoms with van der Waals surface area (Å²) in [5.74, 6) is 0. The Kier molecular flexibility index (Phi) is 4.32.